The number of aliphatic hydroxyl groups excluding tert-OH is 1. The monoisotopic (exact) mass is 219 g/mol. The third-order valence-corrected chi connectivity index (χ3v) is 3.88. The van der Waals surface area contributed by atoms with Gasteiger partial charge in [0.05, 0.1) is 6.61 Å². The molecule has 0 bridgehead atoms. The fourth-order valence-corrected chi connectivity index (χ4v) is 2.91. The van der Waals surface area contributed by atoms with Crippen LogP contribution in [0.5, 0.6) is 0 Å². The Balaban J connectivity index is 2.03. The molecule has 1 aliphatic rings. The van der Waals surface area contributed by atoms with E-state index in [-0.39, 0.29) is 6.61 Å². The van der Waals surface area contributed by atoms with E-state index >= 15 is 0 Å². The molecule has 1 aromatic carbocycles. The van der Waals surface area contributed by atoms with Gasteiger partial charge >= 0.3 is 0 Å². The molecule has 2 heteroatoms. The second-order valence-corrected chi connectivity index (χ2v) is 4.74. The Hall–Kier alpha value is -0.860. The minimum absolute atomic E-state index is 0.282. The van der Waals surface area contributed by atoms with Crippen molar-refractivity contribution < 1.29 is 5.11 Å². The summed E-state index contributed by atoms with van der Waals surface area (Å²) in [7, 11) is 0. The number of hydrogen-bond acceptors (Lipinski definition) is 2. The SMILES string of the molecule is CCC1[C@H](C)C(CO)N1Cc1ccccc1. The van der Waals surface area contributed by atoms with Gasteiger partial charge in [0.15, 0.2) is 0 Å². The fraction of sp³-hybridized carbons (Fsp3) is 0.571. The summed E-state index contributed by atoms with van der Waals surface area (Å²) < 4.78 is 0. The molecule has 1 N–H and O–H groups in total. The van der Waals surface area contributed by atoms with Crippen molar-refractivity contribution in [2.45, 2.75) is 38.9 Å². The van der Waals surface area contributed by atoms with Crippen molar-refractivity contribution in [1.82, 2.24) is 4.90 Å². The highest BCUT2D eigenvalue weighted by atomic mass is 16.3. The number of rotatable bonds is 4. The molecule has 1 aliphatic heterocycles. The molecule has 1 fully saturated rings. The third kappa shape index (κ3) is 2.00. The Labute approximate surface area is 97.9 Å². The van der Waals surface area contributed by atoms with Gasteiger partial charge in [-0.1, -0.05) is 44.2 Å². The van der Waals surface area contributed by atoms with Gasteiger partial charge in [0.25, 0.3) is 0 Å². The van der Waals surface area contributed by atoms with Crippen molar-refractivity contribution in [1.29, 1.82) is 0 Å². The quantitative estimate of drug-likeness (QED) is 0.839. The van der Waals surface area contributed by atoms with Crippen LogP contribution < -0.4 is 0 Å². The lowest BCUT2D eigenvalue weighted by atomic mass is 9.79. The summed E-state index contributed by atoms with van der Waals surface area (Å²) in [5, 5.41) is 9.38. The molecule has 0 saturated carbocycles. The zero-order valence-electron chi connectivity index (χ0n) is 10.1. The van der Waals surface area contributed by atoms with Crippen molar-refractivity contribution in [2.24, 2.45) is 5.92 Å². The highest BCUT2D eigenvalue weighted by molar-refractivity contribution is 5.16. The van der Waals surface area contributed by atoms with E-state index in [9.17, 15) is 5.11 Å². The second-order valence-electron chi connectivity index (χ2n) is 4.74. The van der Waals surface area contributed by atoms with Crippen LogP contribution in [0.15, 0.2) is 30.3 Å². The summed E-state index contributed by atoms with van der Waals surface area (Å²) in [6.07, 6.45) is 1.17. The lowest BCUT2D eigenvalue weighted by Crippen LogP contribution is -2.63. The minimum Gasteiger partial charge on any atom is -0.395 e. The first kappa shape index (κ1) is 11.6. The zero-order valence-corrected chi connectivity index (χ0v) is 10.1. The molecular weight excluding hydrogens is 198 g/mol. The van der Waals surface area contributed by atoms with Gasteiger partial charge in [-0.15, -0.1) is 0 Å². The van der Waals surface area contributed by atoms with Gasteiger partial charge in [0.1, 0.15) is 0 Å². The van der Waals surface area contributed by atoms with Crippen LogP contribution in [-0.2, 0) is 6.54 Å². The van der Waals surface area contributed by atoms with Crippen LogP contribution in [0, 0.1) is 5.92 Å². The molecule has 0 aliphatic carbocycles. The fourth-order valence-electron chi connectivity index (χ4n) is 2.91. The van der Waals surface area contributed by atoms with Gasteiger partial charge in [0.2, 0.25) is 0 Å². The molecule has 1 heterocycles. The van der Waals surface area contributed by atoms with E-state index in [0.717, 1.165) is 6.54 Å². The lowest BCUT2D eigenvalue weighted by Gasteiger charge is -2.53. The van der Waals surface area contributed by atoms with Crippen LogP contribution in [0.3, 0.4) is 0 Å². The summed E-state index contributed by atoms with van der Waals surface area (Å²) >= 11 is 0. The van der Waals surface area contributed by atoms with Crippen LogP contribution in [0.2, 0.25) is 0 Å². The Kier molecular flexibility index (Phi) is 3.62. The maximum Gasteiger partial charge on any atom is 0.0590 e. The molecule has 1 saturated heterocycles. The zero-order chi connectivity index (χ0) is 11.5. The summed E-state index contributed by atoms with van der Waals surface area (Å²) in [5.41, 5.74) is 1.34. The van der Waals surface area contributed by atoms with E-state index in [1.165, 1.54) is 12.0 Å². The standard InChI is InChI=1S/C14H21NO/c1-3-13-11(2)14(10-16)15(13)9-12-7-5-4-6-8-12/h4-8,11,13-14,16H,3,9-10H2,1-2H3/t11-,13?,14?/m0/s1. The van der Waals surface area contributed by atoms with Crippen LogP contribution >= 0.6 is 0 Å². The van der Waals surface area contributed by atoms with Crippen LogP contribution in [-0.4, -0.2) is 28.7 Å². The number of aliphatic hydroxyl groups is 1. The predicted molar refractivity (Wildman–Crippen MR) is 66.1 cm³/mol. The van der Waals surface area contributed by atoms with Crippen molar-refractivity contribution in [3.8, 4) is 0 Å². The van der Waals surface area contributed by atoms with E-state index in [2.05, 4.69) is 43.0 Å². The van der Waals surface area contributed by atoms with Gasteiger partial charge in [-0.25, -0.2) is 0 Å². The maximum absolute atomic E-state index is 9.38. The lowest BCUT2D eigenvalue weighted by molar-refractivity contribution is -0.0801. The van der Waals surface area contributed by atoms with Crippen molar-refractivity contribution in [3.63, 3.8) is 0 Å². The number of benzene rings is 1. The summed E-state index contributed by atoms with van der Waals surface area (Å²) in [6, 6.07) is 11.5. The number of hydrogen-bond donors (Lipinski definition) is 1. The average Bonchev–Trinajstić information content (AvgIpc) is 2.31. The first-order valence-electron chi connectivity index (χ1n) is 6.18. The Morgan fingerprint density at radius 3 is 2.44 bits per heavy atom. The molecule has 16 heavy (non-hydrogen) atoms. The van der Waals surface area contributed by atoms with E-state index in [0.29, 0.717) is 18.0 Å². The van der Waals surface area contributed by atoms with Gasteiger partial charge in [-0.3, -0.25) is 4.90 Å². The van der Waals surface area contributed by atoms with E-state index in [1.54, 1.807) is 0 Å². The van der Waals surface area contributed by atoms with Gasteiger partial charge in [0, 0.05) is 18.6 Å². The number of nitrogens with zero attached hydrogens (tertiary/aromatic N) is 1. The molecule has 88 valence electrons. The van der Waals surface area contributed by atoms with Crippen LogP contribution in [0.25, 0.3) is 0 Å². The Morgan fingerprint density at radius 2 is 1.88 bits per heavy atom. The second kappa shape index (κ2) is 4.98. The molecule has 2 rings (SSSR count). The molecule has 0 radical (unpaired) electrons. The van der Waals surface area contributed by atoms with Gasteiger partial charge in [-0.05, 0) is 17.9 Å². The molecule has 0 amide bonds. The Bertz CT molecular complexity index is 313. The van der Waals surface area contributed by atoms with E-state index in [1.807, 2.05) is 6.07 Å². The molecule has 2 nitrogen and oxygen atoms in total. The molecule has 0 aromatic heterocycles. The molecule has 1 aromatic rings. The summed E-state index contributed by atoms with van der Waals surface area (Å²) in [6.45, 7) is 5.72. The van der Waals surface area contributed by atoms with E-state index in [4.69, 9.17) is 0 Å². The average molecular weight is 219 g/mol. The topological polar surface area (TPSA) is 23.5 Å². The normalized spacial score (nSPS) is 30.1. The van der Waals surface area contributed by atoms with Gasteiger partial charge < -0.3 is 5.11 Å². The predicted octanol–water partition coefficient (Wildman–Crippen LogP) is 2.28. The largest absolute Gasteiger partial charge is 0.395 e. The highest BCUT2D eigenvalue weighted by Crippen LogP contribution is 2.35. The smallest absolute Gasteiger partial charge is 0.0590 e. The minimum atomic E-state index is 0.282. The molecular formula is C14H21NO. The molecule has 2 unspecified atom stereocenters. The summed E-state index contributed by atoms with van der Waals surface area (Å²) in [5.74, 6) is 0.624. The maximum atomic E-state index is 9.38. The van der Waals surface area contributed by atoms with Crippen molar-refractivity contribution >= 4 is 0 Å². The van der Waals surface area contributed by atoms with Crippen LogP contribution in [0.1, 0.15) is 25.8 Å². The van der Waals surface area contributed by atoms with Gasteiger partial charge in [-0.2, -0.15) is 0 Å². The number of likely N-dealkylation sites (tertiary alicyclic amines) is 1. The molecule has 0 spiro atoms. The highest BCUT2D eigenvalue weighted by Gasteiger charge is 2.43. The van der Waals surface area contributed by atoms with Crippen molar-refractivity contribution in [3.05, 3.63) is 35.9 Å². The first-order valence-corrected chi connectivity index (χ1v) is 6.18. The van der Waals surface area contributed by atoms with Crippen molar-refractivity contribution in [2.75, 3.05) is 6.61 Å². The summed E-state index contributed by atoms with van der Waals surface area (Å²) in [4.78, 5) is 2.43. The first-order chi connectivity index (χ1) is 7.77. The van der Waals surface area contributed by atoms with E-state index < -0.39 is 0 Å². The third-order valence-electron chi connectivity index (χ3n) is 3.88. The van der Waals surface area contributed by atoms with Crippen LogP contribution in [0.4, 0.5) is 0 Å². The Morgan fingerprint density at radius 1 is 1.19 bits per heavy atom. The molecule has 3 atom stereocenters.